The maximum atomic E-state index is 13.9. The molecule has 2 amide bonds. The van der Waals surface area contributed by atoms with E-state index in [1.165, 1.54) is 6.07 Å². The molecule has 0 spiro atoms. The average molecular weight is 674 g/mol. The van der Waals surface area contributed by atoms with E-state index in [-0.39, 0.29) is 29.6 Å². The maximum Gasteiger partial charge on any atom is 0.247 e. The van der Waals surface area contributed by atoms with Gasteiger partial charge >= 0.3 is 0 Å². The molecule has 3 aromatic carbocycles. The molecule has 258 valence electrons. The first kappa shape index (κ1) is 35.1. The van der Waals surface area contributed by atoms with E-state index in [0.717, 1.165) is 5.69 Å². The predicted molar refractivity (Wildman–Crippen MR) is 178 cm³/mol. The minimum atomic E-state index is -1.69. The van der Waals surface area contributed by atoms with Crippen LogP contribution in [0.15, 0.2) is 72.8 Å². The molecule has 15 nitrogen and oxygen atoms in total. The molecule has 0 bridgehead atoms. The number of piperazine rings is 1. The smallest absolute Gasteiger partial charge is 0.247 e. The highest BCUT2D eigenvalue weighted by molar-refractivity contribution is 5.96. The van der Waals surface area contributed by atoms with Gasteiger partial charge in [-0.3, -0.25) is 15.0 Å². The van der Waals surface area contributed by atoms with Gasteiger partial charge in [0.15, 0.2) is 0 Å². The highest BCUT2D eigenvalue weighted by Gasteiger charge is 2.45. The topological polar surface area (TPSA) is 238 Å². The fraction of sp³-hybridized carbons (Fsp3) is 0.353. The van der Waals surface area contributed by atoms with Crippen LogP contribution in [0.25, 0.3) is 0 Å². The van der Waals surface area contributed by atoms with Crippen LogP contribution in [0.5, 0.6) is 5.75 Å². The second-order valence-electron chi connectivity index (χ2n) is 11.6. The number of benzene rings is 3. The first-order valence-corrected chi connectivity index (χ1v) is 15.7. The van der Waals surface area contributed by atoms with Gasteiger partial charge in [-0.1, -0.05) is 42.5 Å². The lowest BCUT2D eigenvalue weighted by atomic mass is 9.99. The average Bonchev–Trinajstić information content (AvgIpc) is 3.13. The Morgan fingerprint density at radius 2 is 1.71 bits per heavy atom. The number of amidine groups is 1. The third kappa shape index (κ3) is 8.08. The zero-order chi connectivity index (χ0) is 35.1. The number of aliphatic hydroxyl groups is 4. The maximum absolute atomic E-state index is 13.9. The molecule has 2 aliphatic heterocycles. The van der Waals surface area contributed by atoms with E-state index < -0.39 is 49.3 Å². The van der Waals surface area contributed by atoms with Crippen molar-refractivity contribution in [2.75, 3.05) is 49.5 Å². The van der Waals surface area contributed by atoms with Crippen molar-refractivity contribution in [3.63, 3.8) is 0 Å². The molecule has 2 heterocycles. The molecule has 6 unspecified atom stereocenters. The molecule has 9 N–H and O–H groups in total. The van der Waals surface area contributed by atoms with E-state index >= 15 is 0 Å². The Labute approximate surface area is 282 Å². The molecule has 5 rings (SSSR count). The Morgan fingerprint density at radius 1 is 1.00 bits per heavy atom. The van der Waals surface area contributed by atoms with E-state index in [4.69, 9.17) is 20.6 Å². The van der Waals surface area contributed by atoms with Gasteiger partial charge in [0.1, 0.15) is 48.1 Å². The minimum absolute atomic E-state index is 0.0716. The molecule has 0 radical (unpaired) electrons. The molecule has 2 aliphatic rings. The third-order valence-electron chi connectivity index (χ3n) is 8.48. The zero-order valence-electron chi connectivity index (χ0n) is 26.5. The Morgan fingerprint density at radius 3 is 2.43 bits per heavy atom. The lowest BCUT2D eigenvalue weighted by molar-refractivity contribution is -0.277. The van der Waals surface area contributed by atoms with Gasteiger partial charge in [0.2, 0.25) is 18.1 Å². The van der Waals surface area contributed by atoms with Crippen LogP contribution < -0.4 is 26.0 Å². The summed E-state index contributed by atoms with van der Waals surface area (Å²) >= 11 is 0. The van der Waals surface area contributed by atoms with Crippen LogP contribution in [0, 0.1) is 16.7 Å². The van der Waals surface area contributed by atoms with Crippen molar-refractivity contribution in [3.8, 4) is 11.8 Å². The Balaban J connectivity index is 1.33. The summed E-state index contributed by atoms with van der Waals surface area (Å²) in [6.45, 7) is 0.847. The number of hydrogen-bond donors (Lipinski definition) is 8. The number of nitrogens with one attached hydrogen (secondary N) is 3. The number of nitriles is 1. The van der Waals surface area contributed by atoms with E-state index in [0.29, 0.717) is 43.0 Å². The van der Waals surface area contributed by atoms with Crippen molar-refractivity contribution in [1.29, 1.82) is 10.7 Å². The number of rotatable bonds is 11. The van der Waals surface area contributed by atoms with Crippen LogP contribution in [0.3, 0.4) is 0 Å². The van der Waals surface area contributed by atoms with Gasteiger partial charge < -0.3 is 56.1 Å². The zero-order valence-corrected chi connectivity index (χ0v) is 26.5. The predicted octanol–water partition coefficient (Wildman–Crippen LogP) is -0.361. The lowest BCUT2D eigenvalue weighted by Gasteiger charge is -2.40. The number of anilines is 2. The van der Waals surface area contributed by atoms with Crippen molar-refractivity contribution in [1.82, 2.24) is 10.2 Å². The Kier molecular flexibility index (Phi) is 11.3. The monoisotopic (exact) mass is 673 g/mol. The van der Waals surface area contributed by atoms with Crippen LogP contribution in [0.1, 0.15) is 22.7 Å². The fourth-order valence-corrected chi connectivity index (χ4v) is 5.76. The van der Waals surface area contributed by atoms with Crippen molar-refractivity contribution >= 4 is 29.0 Å². The summed E-state index contributed by atoms with van der Waals surface area (Å²) in [6.07, 6.45) is -7.68. The second-order valence-corrected chi connectivity index (χ2v) is 11.6. The quantitative estimate of drug-likeness (QED) is 0.0962. The molecule has 0 aliphatic carbocycles. The van der Waals surface area contributed by atoms with Crippen LogP contribution in [-0.2, 0) is 14.3 Å². The van der Waals surface area contributed by atoms with Crippen molar-refractivity contribution in [2.24, 2.45) is 5.73 Å². The number of nitrogen functional groups attached to an aromatic ring is 1. The molecular formula is C34H39N7O8. The van der Waals surface area contributed by atoms with Gasteiger partial charge in [-0.2, -0.15) is 5.26 Å². The first-order valence-electron chi connectivity index (χ1n) is 15.7. The van der Waals surface area contributed by atoms with Crippen molar-refractivity contribution in [3.05, 3.63) is 89.5 Å². The van der Waals surface area contributed by atoms with Gasteiger partial charge in [0.25, 0.3) is 0 Å². The summed E-state index contributed by atoms with van der Waals surface area (Å²) in [4.78, 5) is 30.8. The molecule has 3 aromatic rings. The third-order valence-corrected chi connectivity index (χ3v) is 8.48. The Hall–Kier alpha value is -5.24. The minimum Gasteiger partial charge on any atom is -0.462 e. The highest BCUT2D eigenvalue weighted by atomic mass is 16.7. The number of aliphatic hydroxyl groups excluding tert-OH is 4. The number of carbonyl (C=O) groups excluding carboxylic acids is 2. The number of amides is 2. The van der Waals surface area contributed by atoms with Crippen molar-refractivity contribution in [2.45, 2.75) is 36.7 Å². The number of carbonyl (C=O) groups is 2. The van der Waals surface area contributed by atoms with Crippen LogP contribution in [0.2, 0.25) is 0 Å². The second kappa shape index (κ2) is 15.8. The molecular weight excluding hydrogens is 634 g/mol. The Bertz CT molecular complexity index is 1690. The fourth-order valence-electron chi connectivity index (χ4n) is 5.76. The molecule has 0 aromatic heterocycles. The summed E-state index contributed by atoms with van der Waals surface area (Å²) in [7, 11) is 0. The summed E-state index contributed by atoms with van der Waals surface area (Å²) in [5, 5.41) is 63.8. The van der Waals surface area contributed by atoms with Gasteiger partial charge in [-0.25, -0.2) is 0 Å². The summed E-state index contributed by atoms with van der Waals surface area (Å²) < 4.78 is 11.5. The number of hydrogen-bond acceptors (Lipinski definition) is 12. The molecule has 2 saturated heterocycles. The van der Waals surface area contributed by atoms with Crippen LogP contribution in [-0.4, -0.2) is 113 Å². The van der Waals surface area contributed by atoms with E-state index in [9.17, 15) is 35.3 Å². The number of para-hydroxylation sites is 2. The first-order chi connectivity index (χ1) is 23.6. The normalized spacial score (nSPS) is 22.8. The van der Waals surface area contributed by atoms with Crippen molar-refractivity contribution < 1.29 is 39.5 Å². The molecule has 0 saturated carbocycles. The highest BCUT2D eigenvalue weighted by Crippen LogP contribution is 2.32. The number of nitrogens with two attached hydrogens (primary N) is 1. The molecule has 2 fully saturated rings. The van der Waals surface area contributed by atoms with Gasteiger partial charge in [-0.05, 0) is 30.3 Å². The SMILES string of the molecule is N#Cc1ccccc1N1CCN(C(=O)CNC(=O)C(Nc2cccc(C(=N)N)c2)c2ccccc2OC2OC(CO)C(O)C(O)C2O)CC1. The lowest BCUT2D eigenvalue weighted by Crippen LogP contribution is -2.60. The van der Waals surface area contributed by atoms with Crippen LogP contribution >= 0.6 is 0 Å². The molecule has 15 heteroatoms. The number of ether oxygens (including phenoxy) is 2. The molecule has 49 heavy (non-hydrogen) atoms. The number of nitrogens with zero attached hydrogens (tertiary/aromatic N) is 3. The largest absolute Gasteiger partial charge is 0.462 e. The summed E-state index contributed by atoms with van der Waals surface area (Å²) in [5.41, 5.74) is 8.13. The standard InChI is InChI=1S/C34H39N7O8/c35-17-21-6-1-3-10-24(21)40-12-14-41(15-13-40)27(43)18-38-33(47)28(39-22-8-5-7-20(16-22)32(36)37)23-9-2-4-11-25(23)48-34-31(46)30(45)29(44)26(19-42)49-34/h1-11,16,26,28-31,34,39,42,44-46H,12-15,18-19H2,(H3,36,37)(H,38,47). The molecule has 6 atom stereocenters. The summed E-state index contributed by atoms with van der Waals surface area (Å²) in [5.74, 6) is -1.02. The van der Waals surface area contributed by atoms with Gasteiger partial charge in [-0.15, -0.1) is 0 Å². The van der Waals surface area contributed by atoms with E-state index in [1.54, 1.807) is 59.5 Å². The van der Waals surface area contributed by atoms with E-state index in [2.05, 4.69) is 16.7 Å². The van der Waals surface area contributed by atoms with Crippen LogP contribution in [0.4, 0.5) is 11.4 Å². The van der Waals surface area contributed by atoms with E-state index in [1.807, 2.05) is 17.0 Å². The van der Waals surface area contributed by atoms with Gasteiger partial charge in [0.05, 0.1) is 24.4 Å². The van der Waals surface area contributed by atoms with Gasteiger partial charge in [0, 0.05) is 43.0 Å². The summed E-state index contributed by atoms with van der Waals surface area (Å²) in [6, 6.07) is 21.2.